The molecule has 5 heteroatoms. The fourth-order valence-corrected chi connectivity index (χ4v) is 1.86. The first-order valence-electron chi connectivity index (χ1n) is 6.04. The number of imidazole rings is 1. The Morgan fingerprint density at radius 2 is 2.28 bits per heavy atom. The summed E-state index contributed by atoms with van der Waals surface area (Å²) in [5.41, 5.74) is 6.09. The number of hydrogen-bond donors (Lipinski definition) is 1. The summed E-state index contributed by atoms with van der Waals surface area (Å²) in [6, 6.07) is -0.175. The lowest BCUT2D eigenvalue weighted by Gasteiger charge is -2.15. The van der Waals surface area contributed by atoms with Gasteiger partial charge in [-0.1, -0.05) is 19.3 Å². The van der Waals surface area contributed by atoms with Gasteiger partial charge in [0.25, 0.3) is 0 Å². The van der Waals surface area contributed by atoms with Gasteiger partial charge in [-0.3, -0.25) is 0 Å². The molecule has 0 amide bonds. The van der Waals surface area contributed by atoms with Crippen molar-refractivity contribution < 1.29 is 9.53 Å². The van der Waals surface area contributed by atoms with Crippen LogP contribution in [0.2, 0.25) is 0 Å². The lowest BCUT2D eigenvalue weighted by Crippen LogP contribution is -2.13. The van der Waals surface area contributed by atoms with Crippen molar-refractivity contribution in [1.82, 2.24) is 9.55 Å². The van der Waals surface area contributed by atoms with Gasteiger partial charge in [0.15, 0.2) is 5.69 Å². The van der Waals surface area contributed by atoms with Gasteiger partial charge in [-0.05, 0) is 20.3 Å². The number of aromatic nitrogens is 2. The van der Waals surface area contributed by atoms with Crippen LogP contribution >= 0.6 is 0 Å². The van der Waals surface area contributed by atoms with Gasteiger partial charge in [0.1, 0.15) is 11.6 Å². The highest BCUT2D eigenvalue weighted by Gasteiger charge is 2.22. The largest absolute Gasteiger partial charge is 0.461 e. The van der Waals surface area contributed by atoms with Gasteiger partial charge in [-0.2, -0.15) is 0 Å². The second-order valence-electron chi connectivity index (χ2n) is 3.95. The molecule has 1 aromatic heterocycles. The minimum atomic E-state index is -0.510. The maximum Gasteiger partial charge on any atom is 0.360 e. The first-order chi connectivity index (χ1) is 8.56. The van der Waals surface area contributed by atoms with Crippen LogP contribution in [0.15, 0.2) is 0 Å². The zero-order chi connectivity index (χ0) is 13.7. The minimum absolute atomic E-state index is 0.144. The van der Waals surface area contributed by atoms with Crippen molar-refractivity contribution in [1.29, 1.82) is 0 Å². The van der Waals surface area contributed by atoms with Crippen LogP contribution in [0.1, 0.15) is 49.0 Å². The molecule has 18 heavy (non-hydrogen) atoms. The molecule has 0 saturated heterocycles. The van der Waals surface area contributed by atoms with Gasteiger partial charge < -0.3 is 15.0 Å². The quantitative estimate of drug-likeness (QED) is 0.639. The molecule has 1 aromatic rings. The number of carbonyl (C=O) groups is 1. The van der Waals surface area contributed by atoms with E-state index in [-0.39, 0.29) is 24.2 Å². The minimum Gasteiger partial charge on any atom is -0.461 e. The standard InChI is InChI=1S/C13H19N3O2/c1-5-8-10(6-2)16-9(4)15-11(12(16)14)13(17)18-7-3/h2,10H,5,7-8,14H2,1,3-4H3. The molecule has 0 aliphatic carbocycles. The highest BCUT2D eigenvalue weighted by Crippen LogP contribution is 2.23. The van der Waals surface area contributed by atoms with E-state index in [1.807, 2.05) is 6.92 Å². The number of ether oxygens (including phenoxy) is 1. The molecule has 0 aromatic carbocycles. The maximum atomic E-state index is 11.7. The summed E-state index contributed by atoms with van der Waals surface area (Å²) in [5, 5.41) is 0. The summed E-state index contributed by atoms with van der Waals surface area (Å²) in [7, 11) is 0. The molecule has 0 bridgehead atoms. The summed E-state index contributed by atoms with van der Waals surface area (Å²) < 4.78 is 6.62. The number of nitrogens with two attached hydrogens (primary N) is 1. The predicted molar refractivity (Wildman–Crippen MR) is 70.1 cm³/mol. The summed E-state index contributed by atoms with van der Waals surface area (Å²) >= 11 is 0. The smallest absolute Gasteiger partial charge is 0.360 e. The van der Waals surface area contributed by atoms with E-state index in [4.69, 9.17) is 16.9 Å². The van der Waals surface area contributed by atoms with Crippen molar-refractivity contribution in [2.75, 3.05) is 12.3 Å². The number of aryl methyl sites for hydroxylation is 1. The van der Waals surface area contributed by atoms with Gasteiger partial charge in [0.05, 0.1) is 12.6 Å². The lowest BCUT2D eigenvalue weighted by molar-refractivity contribution is 0.0521. The van der Waals surface area contributed by atoms with Crippen molar-refractivity contribution >= 4 is 11.8 Å². The third-order valence-electron chi connectivity index (χ3n) is 2.66. The van der Waals surface area contributed by atoms with Gasteiger partial charge in [-0.15, -0.1) is 6.42 Å². The molecule has 1 atom stereocenters. The second kappa shape index (κ2) is 6.10. The van der Waals surface area contributed by atoms with Crippen LogP contribution in [0, 0.1) is 19.3 Å². The van der Waals surface area contributed by atoms with Crippen LogP contribution in [-0.2, 0) is 4.74 Å². The van der Waals surface area contributed by atoms with E-state index in [0.717, 1.165) is 12.8 Å². The number of esters is 1. The summed E-state index contributed by atoms with van der Waals surface area (Å²) in [6.07, 6.45) is 7.23. The number of carbonyl (C=O) groups excluding carboxylic acids is 1. The molecule has 0 saturated carbocycles. The van der Waals surface area contributed by atoms with Crippen LogP contribution in [0.4, 0.5) is 5.82 Å². The molecular weight excluding hydrogens is 230 g/mol. The fraction of sp³-hybridized carbons (Fsp3) is 0.538. The number of rotatable bonds is 5. The number of terminal acetylenes is 1. The zero-order valence-corrected chi connectivity index (χ0v) is 11.1. The Morgan fingerprint density at radius 3 is 2.78 bits per heavy atom. The van der Waals surface area contributed by atoms with Crippen molar-refractivity contribution in [3.63, 3.8) is 0 Å². The molecule has 0 fully saturated rings. The first-order valence-corrected chi connectivity index (χ1v) is 6.04. The third-order valence-corrected chi connectivity index (χ3v) is 2.66. The van der Waals surface area contributed by atoms with Gasteiger partial charge in [0.2, 0.25) is 0 Å². The molecule has 0 radical (unpaired) electrons. The Balaban J connectivity index is 3.15. The molecular formula is C13H19N3O2. The third kappa shape index (κ3) is 2.65. The lowest BCUT2D eigenvalue weighted by atomic mass is 10.1. The Labute approximate surface area is 107 Å². The summed E-state index contributed by atoms with van der Waals surface area (Å²) in [5.74, 6) is 3.08. The fourth-order valence-electron chi connectivity index (χ4n) is 1.86. The van der Waals surface area contributed by atoms with Gasteiger partial charge in [-0.25, -0.2) is 9.78 Å². The molecule has 1 unspecified atom stereocenters. The Hall–Kier alpha value is -1.96. The average Bonchev–Trinajstić information content (AvgIpc) is 2.63. The Bertz CT molecular complexity index is 471. The SMILES string of the molecule is C#CC(CCC)n1c(C)nc(C(=O)OCC)c1N. The Morgan fingerprint density at radius 1 is 1.61 bits per heavy atom. The summed E-state index contributed by atoms with van der Waals surface area (Å²) in [6.45, 7) is 5.84. The van der Waals surface area contributed by atoms with E-state index in [1.165, 1.54) is 0 Å². The molecule has 0 aliphatic heterocycles. The van der Waals surface area contributed by atoms with E-state index in [9.17, 15) is 4.79 Å². The first kappa shape index (κ1) is 14.1. The van der Waals surface area contributed by atoms with Crippen LogP contribution < -0.4 is 5.73 Å². The van der Waals surface area contributed by atoms with Crippen molar-refractivity contribution in [2.45, 2.75) is 39.7 Å². The van der Waals surface area contributed by atoms with Gasteiger partial charge >= 0.3 is 5.97 Å². The van der Waals surface area contributed by atoms with Gasteiger partial charge in [0, 0.05) is 0 Å². The number of nitrogens with zero attached hydrogens (tertiary/aromatic N) is 2. The number of nitrogen functional groups attached to an aromatic ring is 1. The monoisotopic (exact) mass is 249 g/mol. The van der Waals surface area contributed by atoms with E-state index >= 15 is 0 Å². The molecule has 98 valence electrons. The Kier molecular flexibility index (Phi) is 4.78. The maximum absolute atomic E-state index is 11.7. The molecule has 2 N–H and O–H groups in total. The average molecular weight is 249 g/mol. The number of hydrogen-bond acceptors (Lipinski definition) is 4. The van der Waals surface area contributed by atoms with Crippen LogP contribution in [0.25, 0.3) is 0 Å². The molecule has 5 nitrogen and oxygen atoms in total. The topological polar surface area (TPSA) is 70.1 Å². The van der Waals surface area contributed by atoms with Crippen molar-refractivity contribution in [3.8, 4) is 12.3 Å². The second-order valence-corrected chi connectivity index (χ2v) is 3.95. The van der Waals surface area contributed by atoms with E-state index < -0.39 is 5.97 Å². The molecule has 1 rings (SSSR count). The van der Waals surface area contributed by atoms with Crippen molar-refractivity contribution in [2.24, 2.45) is 0 Å². The van der Waals surface area contributed by atoms with E-state index in [1.54, 1.807) is 18.4 Å². The van der Waals surface area contributed by atoms with E-state index in [2.05, 4.69) is 10.9 Å². The zero-order valence-electron chi connectivity index (χ0n) is 11.1. The normalized spacial score (nSPS) is 11.9. The predicted octanol–water partition coefficient (Wildman–Crippen LogP) is 1.92. The highest BCUT2D eigenvalue weighted by molar-refractivity contribution is 5.92. The van der Waals surface area contributed by atoms with Crippen LogP contribution in [-0.4, -0.2) is 22.1 Å². The van der Waals surface area contributed by atoms with Crippen molar-refractivity contribution in [3.05, 3.63) is 11.5 Å². The molecule has 1 heterocycles. The van der Waals surface area contributed by atoms with E-state index in [0.29, 0.717) is 5.82 Å². The number of anilines is 1. The molecule has 0 aliphatic rings. The highest BCUT2D eigenvalue weighted by atomic mass is 16.5. The summed E-state index contributed by atoms with van der Waals surface area (Å²) in [4.78, 5) is 15.8. The van der Waals surface area contributed by atoms with Crippen LogP contribution in [0.3, 0.4) is 0 Å². The van der Waals surface area contributed by atoms with Crippen LogP contribution in [0.5, 0.6) is 0 Å². The molecule has 0 spiro atoms.